The fourth-order valence-electron chi connectivity index (χ4n) is 4.43. The van der Waals surface area contributed by atoms with E-state index in [-0.39, 0.29) is 17.4 Å². The van der Waals surface area contributed by atoms with Gasteiger partial charge in [-0.25, -0.2) is 9.97 Å². The van der Waals surface area contributed by atoms with Crippen molar-refractivity contribution in [2.24, 2.45) is 5.41 Å². The Morgan fingerprint density at radius 3 is 3.04 bits per heavy atom. The van der Waals surface area contributed by atoms with Gasteiger partial charge in [0.05, 0.1) is 6.10 Å². The van der Waals surface area contributed by atoms with E-state index in [1.807, 2.05) is 30.9 Å². The van der Waals surface area contributed by atoms with E-state index in [4.69, 9.17) is 0 Å². The first-order chi connectivity index (χ1) is 13.0. The SMILES string of the molecule is CC=CCCCC(=O)N1CCC[C@]2(C1)CN(c1ccnc(C)n1)CC[C@H]2O. The summed E-state index contributed by atoms with van der Waals surface area (Å²) in [6.45, 7) is 6.89. The second kappa shape index (κ2) is 8.83. The summed E-state index contributed by atoms with van der Waals surface area (Å²) in [7, 11) is 0. The van der Waals surface area contributed by atoms with Gasteiger partial charge in [0.1, 0.15) is 11.6 Å². The zero-order valence-electron chi connectivity index (χ0n) is 16.6. The minimum Gasteiger partial charge on any atom is -0.392 e. The Morgan fingerprint density at radius 1 is 1.41 bits per heavy atom. The maximum Gasteiger partial charge on any atom is 0.222 e. The van der Waals surface area contributed by atoms with Crippen LogP contribution < -0.4 is 4.90 Å². The molecule has 0 radical (unpaired) electrons. The van der Waals surface area contributed by atoms with Gasteiger partial charge in [0.15, 0.2) is 0 Å². The third-order valence-corrected chi connectivity index (χ3v) is 5.93. The molecule has 6 heteroatoms. The lowest BCUT2D eigenvalue weighted by atomic mass is 9.71. The third-order valence-electron chi connectivity index (χ3n) is 5.93. The normalized spacial score (nSPS) is 26.1. The van der Waals surface area contributed by atoms with Crippen LogP contribution in [0.15, 0.2) is 24.4 Å². The van der Waals surface area contributed by atoms with Crippen LogP contribution in [-0.2, 0) is 4.79 Å². The van der Waals surface area contributed by atoms with Gasteiger partial charge in [-0.2, -0.15) is 0 Å². The molecular formula is C21H32N4O2. The molecule has 6 nitrogen and oxygen atoms in total. The number of aryl methyl sites for hydroxylation is 1. The summed E-state index contributed by atoms with van der Waals surface area (Å²) < 4.78 is 0. The summed E-state index contributed by atoms with van der Waals surface area (Å²) in [4.78, 5) is 25.7. The number of hydrogen-bond acceptors (Lipinski definition) is 5. The summed E-state index contributed by atoms with van der Waals surface area (Å²) in [6.07, 6.45) is 10.6. The van der Waals surface area contributed by atoms with E-state index >= 15 is 0 Å². The first-order valence-corrected chi connectivity index (χ1v) is 10.2. The average molecular weight is 373 g/mol. The molecule has 2 saturated heterocycles. The molecule has 3 rings (SSSR count). The lowest BCUT2D eigenvalue weighted by molar-refractivity contribution is -0.138. The van der Waals surface area contributed by atoms with Gasteiger partial charge in [-0.05, 0) is 52.0 Å². The minimum atomic E-state index is -0.365. The van der Waals surface area contributed by atoms with Crippen LogP contribution in [0.1, 0.15) is 51.3 Å². The van der Waals surface area contributed by atoms with Crippen LogP contribution in [0, 0.1) is 12.3 Å². The van der Waals surface area contributed by atoms with Gasteiger partial charge >= 0.3 is 0 Å². The molecule has 1 spiro atoms. The van der Waals surface area contributed by atoms with E-state index in [1.54, 1.807) is 6.20 Å². The number of rotatable bonds is 5. The number of aliphatic hydroxyl groups excluding tert-OH is 1. The molecule has 1 amide bonds. The number of anilines is 1. The number of amides is 1. The second-order valence-electron chi connectivity index (χ2n) is 7.93. The molecule has 2 aliphatic heterocycles. The third kappa shape index (κ3) is 4.67. The smallest absolute Gasteiger partial charge is 0.222 e. The van der Waals surface area contributed by atoms with Gasteiger partial charge in [0, 0.05) is 44.2 Å². The zero-order valence-corrected chi connectivity index (χ0v) is 16.6. The summed E-state index contributed by atoms with van der Waals surface area (Å²) >= 11 is 0. The number of aliphatic hydroxyl groups is 1. The van der Waals surface area contributed by atoms with Crippen LogP contribution in [0.2, 0.25) is 0 Å². The molecule has 2 aliphatic rings. The summed E-state index contributed by atoms with van der Waals surface area (Å²) in [6, 6.07) is 1.94. The van der Waals surface area contributed by atoms with Crippen molar-refractivity contribution in [1.82, 2.24) is 14.9 Å². The Balaban J connectivity index is 1.68. The molecule has 2 fully saturated rings. The molecule has 2 atom stereocenters. The highest BCUT2D eigenvalue weighted by molar-refractivity contribution is 5.76. The quantitative estimate of drug-likeness (QED) is 0.636. The fourth-order valence-corrected chi connectivity index (χ4v) is 4.43. The number of carbonyl (C=O) groups is 1. The average Bonchev–Trinajstić information content (AvgIpc) is 2.67. The molecule has 0 aromatic carbocycles. The van der Waals surface area contributed by atoms with Gasteiger partial charge in [-0.1, -0.05) is 12.2 Å². The molecule has 0 aliphatic carbocycles. The van der Waals surface area contributed by atoms with Crippen molar-refractivity contribution in [3.63, 3.8) is 0 Å². The Morgan fingerprint density at radius 2 is 2.26 bits per heavy atom. The molecule has 27 heavy (non-hydrogen) atoms. The van der Waals surface area contributed by atoms with Gasteiger partial charge in [0.25, 0.3) is 0 Å². The van der Waals surface area contributed by atoms with Crippen molar-refractivity contribution in [2.45, 2.75) is 58.5 Å². The zero-order chi connectivity index (χ0) is 19.3. The van der Waals surface area contributed by atoms with Crippen molar-refractivity contribution in [3.05, 3.63) is 30.2 Å². The highest BCUT2D eigenvalue weighted by Gasteiger charge is 2.46. The number of unbranched alkanes of at least 4 members (excludes halogenated alkanes) is 1. The standard InChI is InChI=1S/C21H32N4O2/c1-3-4-5-6-8-20(27)25-13-7-11-21(16-25)15-24(14-10-18(21)26)19-9-12-22-17(2)23-19/h3-4,9,12,18,26H,5-8,10-11,13-16H2,1-2H3/t18-,21-/m1/s1. The number of likely N-dealkylation sites (tertiary alicyclic amines) is 1. The maximum atomic E-state index is 12.7. The van der Waals surface area contributed by atoms with E-state index in [1.165, 1.54) is 0 Å². The molecule has 0 unspecified atom stereocenters. The van der Waals surface area contributed by atoms with Crippen LogP contribution >= 0.6 is 0 Å². The molecule has 1 aromatic heterocycles. The molecule has 148 valence electrons. The van der Waals surface area contributed by atoms with Crippen LogP contribution in [0.25, 0.3) is 0 Å². The first kappa shape index (κ1) is 19.8. The highest BCUT2D eigenvalue weighted by atomic mass is 16.3. The first-order valence-electron chi connectivity index (χ1n) is 10.2. The molecule has 3 heterocycles. The second-order valence-corrected chi connectivity index (χ2v) is 7.93. The van der Waals surface area contributed by atoms with Crippen molar-refractivity contribution < 1.29 is 9.90 Å². The van der Waals surface area contributed by atoms with Crippen LogP contribution in [0.5, 0.6) is 0 Å². The monoisotopic (exact) mass is 372 g/mol. The van der Waals surface area contributed by atoms with Crippen molar-refractivity contribution in [2.75, 3.05) is 31.1 Å². The Labute approximate surface area is 162 Å². The van der Waals surface area contributed by atoms with Crippen molar-refractivity contribution in [1.29, 1.82) is 0 Å². The Hall–Kier alpha value is -1.95. The molecule has 0 bridgehead atoms. The van der Waals surface area contributed by atoms with Crippen molar-refractivity contribution in [3.8, 4) is 0 Å². The van der Waals surface area contributed by atoms with E-state index in [2.05, 4.69) is 20.9 Å². The number of carbonyl (C=O) groups excluding carboxylic acids is 1. The highest BCUT2D eigenvalue weighted by Crippen LogP contribution is 2.40. The van der Waals surface area contributed by atoms with E-state index in [0.717, 1.165) is 57.0 Å². The largest absolute Gasteiger partial charge is 0.392 e. The van der Waals surface area contributed by atoms with Gasteiger partial charge in [-0.15, -0.1) is 0 Å². The van der Waals surface area contributed by atoms with E-state index in [0.29, 0.717) is 19.4 Å². The van der Waals surface area contributed by atoms with Crippen LogP contribution in [0.4, 0.5) is 5.82 Å². The number of aromatic nitrogens is 2. The predicted octanol–water partition coefficient (Wildman–Crippen LogP) is 2.71. The van der Waals surface area contributed by atoms with Crippen LogP contribution in [-0.4, -0.2) is 58.2 Å². The Bertz CT molecular complexity index is 678. The number of piperidine rings is 2. The summed E-state index contributed by atoms with van der Waals surface area (Å²) in [5.41, 5.74) is -0.256. The van der Waals surface area contributed by atoms with Gasteiger partial charge in [-0.3, -0.25) is 4.79 Å². The van der Waals surface area contributed by atoms with Crippen LogP contribution in [0.3, 0.4) is 0 Å². The summed E-state index contributed by atoms with van der Waals surface area (Å²) in [5, 5.41) is 10.8. The van der Waals surface area contributed by atoms with Crippen molar-refractivity contribution >= 4 is 11.7 Å². The molecule has 0 saturated carbocycles. The lowest BCUT2D eigenvalue weighted by Crippen LogP contribution is -2.60. The Kier molecular flexibility index (Phi) is 6.47. The minimum absolute atomic E-state index is 0.223. The molecule has 1 N–H and O–H groups in total. The summed E-state index contributed by atoms with van der Waals surface area (Å²) in [5.74, 6) is 1.90. The molecular weight excluding hydrogens is 340 g/mol. The predicted molar refractivity (Wildman–Crippen MR) is 107 cm³/mol. The molecule has 1 aromatic rings. The maximum absolute atomic E-state index is 12.7. The fraction of sp³-hybridized carbons (Fsp3) is 0.667. The lowest BCUT2D eigenvalue weighted by Gasteiger charge is -2.51. The topological polar surface area (TPSA) is 69.6 Å². The van der Waals surface area contributed by atoms with Gasteiger partial charge in [0.2, 0.25) is 5.91 Å². The van der Waals surface area contributed by atoms with E-state index < -0.39 is 0 Å². The number of hydrogen-bond donors (Lipinski definition) is 1. The number of nitrogens with zero attached hydrogens (tertiary/aromatic N) is 4. The van der Waals surface area contributed by atoms with Gasteiger partial charge < -0.3 is 14.9 Å². The number of allylic oxidation sites excluding steroid dienone is 2. The van der Waals surface area contributed by atoms with E-state index in [9.17, 15) is 9.90 Å².